The van der Waals surface area contributed by atoms with Gasteiger partial charge in [0.2, 0.25) is 5.43 Å². The number of fused-ring (bicyclic) bond motifs is 1. The van der Waals surface area contributed by atoms with E-state index in [1.165, 1.54) is 9.58 Å². The van der Waals surface area contributed by atoms with E-state index in [-0.39, 0.29) is 11.7 Å². The molecule has 1 N–H and O–H groups in total. The number of carbonyl (C=O) groups excluding carboxylic acids is 1. The van der Waals surface area contributed by atoms with Crippen molar-refractivity contribution >= 4 is 5.91 Å². The van der Waals surface area contributed by atoms with Crippen molar-refractivity contribution in [2.75, 3.05) is 13.6 Å². The van der Waals surface area contributed by atoms with Crippen LogP contribution < -0.4 is 5.43 Å². The SMILES string of the molecule is CC#Cc1ccn([C@@H](c2ccccc2)[C@H]2CN(C)C(=O)c3c(O)c(=O)cnn32)n1. The Hall–Kier alpha value is -3.86. The molecule has 3 heterocycles. The number of nitrogens with zero attached hydrogens (tertiary/aromatic N) is 5. The van der Waals surface area contributed by atoms with E-state index in [0.717, 1.165) is 11.8 Å². The molecular weight excluding hydrogens is 370 g/mol. The Bertz CT molecular complexity index is 1190. The Labute approximate surface area is 167 Å². The van der Waals surface area contributed by atoms with Crippen molar-refractivity contribution in [3.8, 4) is 17.6 Å². The van der Waals surface area contributed by atoms with Crippen molar-refractivity contribution in [1.29, 1.82) is 0 Å². The number of aromatic nitrogens is 4. The molecule has 4 rings (SSSR count). The second-order valence-electron chi connectivity index (χ2n) is 6.82. The molecule has 8 heteroatoms. The lowest BCUT2D eigenvalue weighted by Gasteiger charge is -2.37. The zero-order chi connectivity index (χ0) is 20.5. The van der Waals surface area contributed by atoms with Crippen LogP contribution in [0.15, 0.2) is 53.6 Å². The first-order chi connectivity index (χ1) is 14.0. The van der Waals surface area contributed by atoms with E-state index in [4.69, 9.17) is 0 Å². The fraction of sp³-hybridized carbons (Fsp3) is 0.238. The molecule has 0 bridgehead atoms. The Balaban J connectivity index is 1.92. The van der Waals surface area contributed by atoms with Crippen LogP contribution in [0.4, 0.5) is 0 Å². The lowest BCUT2D eigenvalue weighted by molar-refractivity contribution is 0.0667. The summed E-state index contributed by atoms with van der Waals surface area (Å²) in [5.74, 6) is 4.73. The molecule has 1 aliphatic heterocycles. The molecule has 0 fully saturated rings. The van der Waals surface area contributed by atoms with Gasteiger partial charge in [0, 0.05) is 19.8 Å². The summed E-state index contributed by atoms with van der Waals surface area (Å²) in [5.41, 5.74) is 0.780. The van der Waals surface area contributed by atoms with E-state index in [9.17, 15) is 14.7 Å². The Morgan fingerprint density at radius 1 is 1.21 bits per heavy atom. The minimum Gasteiger partial charge on any atom is -0.502 e. The fourth-order valence-corrected chi connectivity index (χ4v) is 3.65. The summed E-state index contributed by atoms with van der Waals surface area (Å²) < 4.78 is 3.22. The maximum Gasteiger partial charge on any atom is 0.275 e. The highest BCUT2D eigenvalue weighted by molar-refractivity contribution is 5.95. The summed E-state index contributed by atoms with van der Waals surface area (Å²) >= 11 is 0. The summed E-state index contributed by atoms with van der Waals surface area (Å²) in [6.07, 6.45) is 2.86. The lowest BCUT2D eigenvalue weighted by Crippen LogP contribution is -2.46. The minimum atomic E-state index is -0.686. The first-order valence-electron chi connectivity index (χ1n) is 9.10. The van der Waals surface area contributed by atoms with Crippen LogP contribution >= 0.6 is 0 Å². The molecule has 1 aliphatic rings. The normalized spacial score (nSPS) is 16.7. The molecule has 2 atom stereocenters. The van der Waals surface area contributed by atoms with Crippen molar-refractivity contribution < 1.29 is 9.90 Å². The Morgan fingerprint density at radius 3 is 2.69 bits per heavy atom. The zero-order valence-corrected chi connectivity index (χ0v) is 16.0. The lowest BCUT2D eigenvalue weighted by atomic mass is 9.97. The third kappa shape index (κ3) is 3.17. The number of rotatable bonds is 3. The Morgan fingerprint density at radius 2 is 1.97 bits per heavy atom. The molecule has 146 valence electrons. The van der Waals surface area contributed by atoms with Gasteiger partial charge in [-0.1, -0.05) is 36.3 Å². The molecule has 8 nitrogen and oxygen atoms in total. The van der Waals surface area contributed by atoms with Gasteiger partial charge >= 0.3 is 0 Å². The van der Waals surface area contributed by atoms with Crippen LogP contribution in [0.25, 0.3) is 0 Å². The second kappa shape index (κ2) is 7.28. The zero-order valence-electron chi connectivity index (χ0n) is 16.0. The predicted octanol–water partition coefficient (Wildman–Crippen LogP) is 1.43. The first kappa shape index (κ1) is 18.5. The molecule has 1 aromatic carbocycles. The standard InChI is InChI=1S/C21H19N5O3/c1-3-7-15-10-11-25(23-15)18(14-8-5-4-6-9-14)16-13-24(2)21(29)19-20(28)17(27)12-22-26(16)19/h4-6,8-12,16,18,28H,13H2,1-2H3/t16-,18+/m1/s1. The van der Waals surface area contributed by atoms with Crippen molar-refractivity contribution in [1.82, 2.24) is 24.5 Å². The molecule has 0 radical (unpaired) electrons. The van der Waals surface area contributed by atoms with Gasteiger partial charge in [-0.25, -0.2) is 4.68 Å². The molecule has 0 unspecified atom stereocenters. The average molecular weight is 389 g/mol. The molecule has 0 saturated heterocycles. The fourth-order valence-electron chi connectivity index (χ4n) is 3.65. The largest absolute Gasteiger partial charge is 0.502 e. The minimum absolute atomic E-state index is 0.113. The smallest absolute Gasteiger partial charge is 0.275 e. The molecule has 0 aliphatic carbocycles. The quantitative estimate of drug-likeness (QED) is 0.684. The summed E-state index contributed by atoms with van der Waals surface area (Å²) in [6, 6.07) is 10.8. The van der Waals surface area contributed by atoms with E-state index in [1.807, 2.05) is 42.6 Å². The topological polar surface area (TPSA) is 93.3 Å². The highest BCUT2D eigenvalue weighted by atomic mass is 16.3. The third-order valence-corrected chi connectivity index (χ3v) is 4.96. The van der Waals surface area contributed by atoms with E-state index >= 15 is 0 Å². The highest BCUT2D eigenvalue weighted by Gasteiger charge is 2.38. The monoisotopic (exact) mass is 389 g/mol. The van der Waals surface area contributed by atoms with Gasteiger partial charge < -0.3 is 10.0 Å². The van der Waals surface area contributed by atoms with E-state index < -0.39 is 23.1 Å². The van der Waals surface area contributed by atoms with Gasteiger partial charge in [0.25, 0.3) is 5.91 Å². The maximum absolute atomic E-state index is 12.6. The van der Waals surface area contributed by atoms with Crippen molar-refractivity contribution in [3.05, 3.63) is 76.0 Å². The number of hydrogen-bond acceptors (Lipinski definition) is 5. The maximum atomic E-state index is 12.6. The van der Waals surface area contributed by atoms with Crippen LogP contribution in [0, 0.1) is 11.8 Å². The van der Waals surface area contributed by atoms with Crippen LogP contribution in [-0.4, -0.2) is 49.1 Å². The van der Waals surface area contributed by atoms with E-state index in [1.54, 1.807) is 18.7 Å². The summed E-state index contributed by atoms with van der Waals surface area (Å²) in [4.78, 5) is 26.0. The van der Waals surface area contributed by atoms with Crippen LogP contribution in [-0.2, 0) is 0 Å². The van der Waals surface area contributed by atoms with Crippen LogP contribution in [0.3, 0.4) is 0 Å². The number of benzene rings is 1. The van der Waals surface area contributed by atoms with Gasteiger partial charge in [-0.15, -0.1) is 0 Å². The average Bonchev–Trinajstić information content (AvgIpc) is 3.17. The summed E-state index contributed by atoms with van der Waals surface area (Å²) in [5, 5.41) is 19.1. The second-order valence-corrected chi connectivity index (χ2v) is 6.82. The van der Waals surface area contributed by atoms with Gasteiger partial charge in [0.05, 0.1) is 12.2 Å². The summed E-state index contributed by atoms with van der Waals surface area (Å²) in [6.45, 7) is 2.07. The van der Waals surface area contributed by atoms with Crippen LogP contribution in [0.5, 0.6) is 5.75 Å². The number of aromatic hydroxyl groups is 1. The van der Waals surface area contributed by atoms with Gasteiger partial charge in [-0.2, -0.15) is 10.2 Å². The number of likely N-dealkylation sites (N-methyl/N-ethyl adjacent to an activating group) is 1. The molecule has 1 amide bonds. The first-order valence-corrected chi connectivity index (χ1v) is 9.10. The Kier molecular flexibility index (Phi) is 4.64. The van der Waals surface area contributed by atoms with Crippen molar-refractivity contribution in [3.63, 3.8) is 0 Å². The van der Waals surface area contributed by atoms with E-state index in [0.29, 0.717) is 12.2 Å². The van der Waals surface area contributed by atoms with Gasteiger partial charge in [-0.3, -0.25) is 14.3 Å². The van der Waals surface area contributed by atoms with Gasteiger partial charge in [0.1, 0.15) is 11.7 Å². The van der Waals surface area contributed by atoms with Gasteiger partial charge in [0.15, 0.2) is 11.4 Å². The molecule has 2 aromatic heterocycles. The number of hydrogen-bond donors (Lipinski definition) is 1. The summed E-state index contributed by atoms with van der Waals surface area (Å²) in [7, 11) is 1.63. The van der Waals surface area contributed by atoms with Crippen LogP contribution in [0.1, 0.15) is 40.8 Å². The highest BCUT2D eigenvalue weighted by Crippen LogP contribution is 2.35. The molecule has 0 saturated carbocycles. The van der Waals surface area contributed by atoms with Crippen molar-refractivity contribution in [2.24, 2.45) is 0 Å². The molecule has 29 heavy (non-hydrogen) atoms. The predicted molar refractivity (Wildman–Crippen MR) is 106 cm³/mol. The van der Waals surface area contributed by atoms with Crippen molar-refractivity contribution in [2.45, 2.75) is 19.0 Å². The van der Waals surface area contributed by atoms with Crippen LogP contribution in [0.2, 0.25) is 0 Å². The molecular formula is C21H19N5O3. The number of carbonyl (C=O) groups is 1. The molecule has 3 aromatic rings. The van der Waals surface area contributed by atoms with Gasteiger partial charge in [-0.05, 0) is 24.5 Å². The van der Waals surface area contributed by atoms with E-state index in [2.05, 4.69) is 22.0 Å². The molecule has 0 spiro atoms. The third-order valence-electron chi connectivity index (χ3n) is 4.96. The number of amides is 1.